The molecule has 0 heterocycles. The summed E-state index contributed by atoms with van der Waals surface area (Å²) in [7, 11) is 1.58. The number of ether oxygens (including phenoxy) is 2. The van der Waals surface area contributed by atoms with Crippen LogP contribution >= 0.6 is 31.9 Å². The summed E-state index contributed by atoms with van der Waals surface area (Å²) in [5.41, 5.74) is 6.30. The van der Waals surface area contributed by atoms with Gasteiger partial charge in [0.15, 0.2) is 0 Å². The molecule has 0 amide bonds. The minimum atomic E-state index is -0.348. The predicted octanol–water partition coefficient (Wildman–Crippen LogP) is 4.65. The summed E-state index contributed by atoms with van der Waals surface area (Å²) in [6.07, 6.45) is 0.599. The Hall–Kier alpha value is -1.11. The van der Waals surface area contributed by atoms with Crippen molar-refractivity contribution in [3.8, 4) is 17.2 Å². The average Bonchev–Trinajstić information content (AvgIpc) is 2.42. The molecule has 0 saturated heterocycles. The third-order valence-electron chi connectivity index (χ3n) is 2.80. The van der Waals surface area contributed by atoms with Crippen molar-refractivity contribution in [2.45, 2.75) is 6.42 Å². The van der Waals surface area contributed by atoms with Gasteiger partial charge in [-0.1, -0.05) is 0 Å². The van der Waals surface area contributed by atoms with Crippen molar-refractivity contribution in [3.63, 3.8) is 0 Å². The van der Waals surface area contributed by atoms with Gasteiger partial charge in [-0.15, -0.1) is 0 Å². The Morgan fingerprint density at radius 2 is 1.71 bits per heavy atom. The summed E-state index contributed by atoms with van der Waals surface area (Å²) in [6.45, 7) is 0.459. The Kier molecular flexibility index (Phi) is 5.61. The Bertz CT molecular complexity index is 650. The minimum Gasteiger partial charge on any atom is -0.496 e. The van der Waals surface area contributed by atoms with Gasteiger partial charge in [0.1, 0.15) is 23.1 Å². The van der Waals surface area contributed by atoms with Crippen LogP contribution in [-0.4, -0.2) is 13.7 Å². The summed E-state index contributed by atoms with van der Waals surface area (Å²) < 4.78 is 26.0. The van der Waals surface area contributed by atoms with Crippen LogP contribution in [0.5, 0.6) is 17.2 Å². The van der Waals surface area contributed by atoms with E-state index in [1.807, 2.05) is 0 Å². The van der Waals surface area contributed by atoms with Crippen molar-refractivity contribution in [3.05, 3.63) is 50.7 Å². The summed E-state index contributed by atoms with van der Waals surface area (Å²) in [6, 6.07) is 8.11. The van der Waals surface area contributed by atoms with Gasteiger partial charge >= 0.3 is 0 Å². The maximum absolute atomic E-state index is 13.6. The highest BCUT2D eigenvalue weighted by molar-refractivity contribution is 9.11. The minimum absolute atomic E-state index is 0.348. The van der Waals surface area contributed by atoms with E-state index >= 15 is 0 Å². The molecule has 112 valence electrons. The molecular formula is C15H14Br2FNO2. The third kappa shape index (κ3) is 4.18. The quantitative estimate of drug-likeness (QED) is 0.768. The van der Waals surface area contributed by atoms with Crippen LogP contribution in [0.15, 0.2) is 39.3 Å². The Balaban J connectivity index is 2.31. The van der Waals surface area contributed by atoms with Crippen LogP contribution in [0.4, 0.5) is 4.39 Å². The SMILES string of the molecule is COc1cc(Br)c(Oc2cc(F)cc(CCN)c2)cc1Br. The molecule has 0 aliphatic heterocycles. The Labute approximate surface area is 139 Å². The highest BCUT2D eigenvalue weighted by Gasteiger charge is 2.10. The molecule has 2 N–H and O–H groups in total. The van der Waals surface area contributed by atoms with Gasteiger partial charge in [-0.05, 0) is 74.7 Å². The van der Waals surface area contributed by atoms with Gasteiger partial charge in [-0.3, -0.25) is 0 Å². The van der Waals surface area contributed by atoms with Crippen LogP contribution in [0, 0.1) is 5.82 Å². The molecule has 0 atom stereocenters. The van der Waals surface area contributed by atoms with Crippen LogP contribution in [0.2, 0.25) is 0 Å². The Morgan fingerprint density at radius 1 is 1.05 bits per heavy atom. The molecule has 2 aromatic rings. The van der Waals surface area contributed by atoms with Crippen molar-refractivity contribution < 1.29 is 13.9 Å². The lowest BCUT2D eigenvalue weighted by atomic mass is 10.1. The van der Waals surface area contributed by atoms with Gasteiger partial charge in [0, 0.05) is 6.07 Å². The van der Waals surface area contributed by atoms with E-state index in [-0.39, 0.29) is 5.82 Å². The first-order chi connectivity index (χ1) is 10.0. The van der Waals surface area contributed by atoms with Crippen LogP contribution < -0.4 is 15.2 Å². The van der Waals surface area contributed by atoms with E-state index in [0.29, 0.717) is 34.7 Å². The van der Waals surface area contributed by atoms with E-state index in [1.54, 1.807) is 25.3 Å². The number of methoxy groups -OCH3 is 1. The summed E-state index contributed by atoms with van der Waals surface area (Å²) in [5.74, 6) is 1.32. The van der Waals surface area contributed by atoms with Crippen LogP contribution in [-0.2, 0) is 6.42 Å². The largest absolute Gasteiger partial charge is 0.496 e. The smallest absolute Gasteiger partial charge is 0.143 e. The van der Waals surface area contributed by atoms with E-state index in [1.165, 1.54) is 12.1 Å². The highest BCUT2D eigenvalue weighted by Crippen LogP contribution is 2.38. The topological polar surface area (TPSA) is 44.5 Å². The van der Waals surface area contributed by atoms with Crippen molar-refractivity contribution in [2.75, 3.05) is 13.7 Å². The lowest BCUT2D eigenvalue weighted by Gasteiger charge is -2.12. The molecule has 21 heavy (non-hydrogen) atoms. The summed E-state index contributed by atoms with van der Waals surface area (Å²) in [5, 5.41) is 0. The van der Waals surface area contributed by atoms with Gasteiger partial charge in [-0.2, -0.15) is 0 Å². The van der Waals surface area contributed by atoms with Crippen molar-refractivity contribution in [1.82, 2.24) is 0 Å². The standard InChI is InChI=1S/C15H14Br2FNO2/c1-20-14-7-13(17)15(8-12(14)16)21-11-5-9(2-3-19)4-10(18)6-11/h4-8H,2-3,19H2,1H3. The number of halogens is 3. The molecule has 0 aliphatic rings. The second-order valence-corrected chi connectivity index (χ2v) is 6.06. The summed E-state index contributed by atoms with van der Waals surface area (Å²) >= 11 is 6.80. The fourth-order valence-electron chi connectivity index (χ4n) is 1.86. The number of hydrogen-bond acceptors (Lipinski definition) is 3. The molecule has 2 aromatic carbocycles. The second-order valence-electron chi connectivity index (χ2n) is 4.35. The molecule has 2 rings (SSSR count). The molecule has 0 fully saturated rings. The Morgan fingerprint density at radius 3 is 2.38 bits per heavy atom. The van der Waals surface area contributed by atoms with E-state index in [9.17, 15) is 4.39 Å². The van der Waals surface area contributed by atoms with Gasteiger partial charge in [-0.25, -0.2) is 4.39 Å². The number of rotatable bonds is 5. The zero-order valence-corrected chi connectivity index (χ0v) is 14.5. The molecule has 0 unspecified atom stereocenters. The molecule has 0 spiro atoms. The molecule has 0 radical (unpaired) electrons. The summed E-state index contributed by atoms with van der Waals surface area (Å²) in [4.78, 5) is 0. The lowest BCUT2D eigenvalue weighted by Crippen LogP contribution is -2.03. The van der Waals surface area contributed by atoms with Gasteiger partial charge in [0.25, 0.3) is 0 Å². The maximum Gasteiger partial charge on any atom is 0.143 e. The number of nitrogens with two attached hydrogens (primary N) is 1. The molecule has 0 aromatic heterocycles. The van der Waals surface area contributed by atoms with E-state index < -0.39 is 0 Å². The fraction of sp³-hybridized carbons (Fsp3) is 0.200. The van der Waals surface area contributed by atoms with Crippen LogP contribution in [0.1, 0.15) is 5.56 Å². The lowest BCUT2D eigenvalue weighted by molar-refractivity contribution is 0.409. The van der Waals surface area contributed by atoms with Crippen molar-refractivity contribution >= 4 is 31.9 Å². The van der Waals surface area contributed by atoms with E-state index in [2.05, 4.69) is 31.9 Å². The van der Waals surface area contributed by atoms with Gasteiger partial charge in [0.2, 0.25) is 0 Å². The van der Waals surface area contributed by atoms with Gasteiger partial charge < -0.3 is 15.2 Å². The van der Waals surface area contributed by atoms with Crippen LogP contribution in [0.25, 0.3) is 0 Å². The molecule has 3 nitrogen and oxygen atoms in total. The normalized spacial score (nSPS) is 10.5. The third-order valence-corrected chi connectivity index (χ3v) is 4.04. The second kappa shape index (κ2) is 7.24. The number of benzene rings is 2. The van der Waals surface area contributed by atoms with Crippen LogP contribution in [0.3, 0.4) is 0 Å². The van der Waals surface area contributed by atoms with Crippen molar-refractivity contribution in [2.24, 2.45) is 5.73 Å². The zero-order chi connectivity index (χ0) is 15.4. The molecule has 0 aliphatic carbocycles. The average molecular weight is 419 g/mol. The zero-order valence-electron chi connectivity index (χ0n) is 11.3. The maximum atomic E-state index is 13.6. The first-order valence-electron chi connectivity index (χ1n) is 6.24. The molecule has 6 heteroatoms. The van der Waals surface area contributed by atoms with E-state index in [0.717, 1.165) is 10.0 Å². The monoisotopic (exact) mass is 417 g/mol. The fourth-order valence-corrected chi connectivity index (χ4v) is 2.75. The highest BCUT2D eigenvalue weighted by atomic mass is 79.9. The molecule has 0 saturated carbocycles. The first-order valence-corrected chi connectivity index (χ1v) is 7.82. The van der Waals surface area contributed by atoms with Gasteiger partial charge in [0.05, 0.1) is 16.1 Å². The number of hydrogen-bond donors (Lipinski definition) is 1. The van der Waals surface area contributed by atoms with Crippen molar-refractivity contribution in [1.29, 1.82) is 0 Å². The van der Waals surface area contributed by atoms with E-state index in [4.69, 9.17) is 15.2 Å². The first kappa shape index (κ1) is 16.3. The predicted molar refractivity (Wildman–Crippen MR) is 87.6 cm³/mol. The molecule has 0 bridgehead atoms. The molecular weight excluding hydrogens is 405 g/mol.